The molecular formula is C18H26O2. The van der Waals surface area contributed by atoms with Crippen molar-refractivity contribution in [3.63, 3.8) is 0 Å². The Hall–Kier alpha value is -1.02. The van der Waals surface area contributed by atoms with Crippen LogP contribution in [0.3, 0.4) is 0 Å². The summed E-state index contributed by atoms with van der Waals surface area (Å²) in [6.07, 6.45) is 7.72. The quantitative estimate of drug-likeness (QED) is 0.890. The first-order valence-electron chi connectivity index (χ1n) is 7.99. The highest BCUT2D eigenvalue weighted by Crippen LogP contribution is 2.42. The van der Waals surface area contributed by atoms with Gasteiger partial charge in [0.15, 0.2) is 0 Å². The van der Waals surface area contributed by atoms with Crippen LogP contribution in [0, 0.1) is 11.8 Å². The first-order valence-corrected chi connectivity index (χ1v) is 7.99. The van der Waals surface area contributed by atoms with Crippen LogP contribution in [-0.4, -0.2) is 17.8 Å². The van der Waals surface area contributed by atoms with Gasteiger partial charge in [0.1, 0.15) is 5.75 Å². The Bertz CT molecular complexity index is 482. The standard InChI is InChI=1S/C18H26O2/c1-13-4-3-5-16(10-13)18(19)9-8-14-6-7-17(20-2)11-15(14)12-18/h6-7,11,13,16,19H,3-5,8-10,12H2,1-2H3. The molecule has 0 radical (unpaired) electrons. The number of aliphatic hydroxyl groups is 1. The van der Waals surface area contributed by atoms with E-state index in [2.05, 4.69) is 19.1 Å². The first-order chi connectivity index (χ1) is 9.60. The predicted octanol–water partition coefficient (Wildman–Crippen LogP) is 3.74. The normalized spacial score (nSPS) is 33.5. The Labute approximate surface area is 122 Å². The zero-order valence-corrected chi connectivity index (χ0v) is 12.7. The topological polar surface area (TPSA) is 29.5 Å². The van der Waals surface area contributed by atoms with E-state index in [1.165, 1.54) is 36.8 Å². The second-order valence-corrected chi connectivity index (χ2v) is 6.88. The summed E-state index contributed by atoms with van der Waals surface area (Å²) in [5, 5.41) is 11.2. The summed E-state index contributed by atoms with van der Waals surface area (Å²) >= 11 is 0. The lowest BCUT2D eigenvalue weighted by molar-refractivity contribution is -0.0505. The molecule has 1 fully saturated rings. The largest absolute Gasteiger partial charge is 0.497 e. The van der Waals surface area contributed by atoms with E-state index in [0.717, 1.165) is 30.9 Å². The molecule has 0 bridgehead atoms. The summed E-state index contributed by atoms with van der Waals surface area (Å²) in [5.74, 6) is 2.15. The number of rotatable bonds is 2. The zero-order valence-electron chi connectivity index (χ0n) is 12.7. The van der Waals surface area contributed by atoms with E-state index >= 15 is 0 Å². The molecule has 0 aromatic heterocycles. The van der Waals surface area contributed by atoms with Crippen LogP contribution >= 0.6 is 0 Å². The summed E-state index contributed by atoms with van der Waals surface area (Å²) in [7, 11) is 1.71. The third kappa shape index (κ3) is 2.58. The van der Waals surface area contributed by atoms with E-state index in [4.69, 9.17) is 4.74 Å². The highest BCUT2D eigenvalue weighted by molar-refractivity contribution is 5.38. The van der Waals surface area contributed by atoms with Gasteiger partial charge in [-0.2, -0.15) is 0 Å². The van der Waals surface area contributed by atoms with Crippen molar-refractivity contribution in [1.29, 1.82) is 0 Å². The van der Waals surface area contributed by atoms with Crippen molar-refractivity contribution >= 4 is 0 Å². The van der Waals surface area contributed by atoms with Crippen molar-refractivity contribution in [2.45, 2.75) is 57.5 Å². The minimum atomic E-state index is -0.492. The molecule has 0 aliphatic heterocycles. The second kappa shape index (κ2) is 5.40. The molecule has 3 unspecified atom stereocenters. The monoisotopic (exact) mass is 274 g/mol. The lowest BCUT2D eigenvalue weighted by Gasteiger charge is -2.43. The maximum atomic E-state index is 11.2. The number of ether oxygens (including phenoxy) is 1. The molecule has 0 spiro atoms. The van der Waals surface area contributed by atoms with Crippen LogP contribution in [0.25, 0.3) is 0 Å². The van der Waals surface area contributed by atoms with E-state index in [1.807, 2.05) is 6.07 Å². The van der Waals surface area contributed by atoms with E-state index < -0.39 is 5.60 Å². The molecular weight excluding hydrogens is 248 g/mol. The number of hydrogen-bond donors (Lipinski definition) is 1. The van der Waals surface area contributed by atoms with Crippen LogP contribution in [0.5, 0.6) is 5.75 Å². The molecule has 1 N–H and O–H groups in total. The molecule has 1 aromatic carbocycles. The summed E-state index contributed by atoms with van der Waals surface area (Å²) in [4.78, 5) is 0. The predicted molar refractivity (Wildman–Crippen MR) is 81.1 cm³/mol. The van der Waals surface area contributed by atoms with Gasteiger partial charge in [-0.3, -0.25) is 0 Å². The van der Waals surface area contributed by atoms with Crippen molar-refractivity contribution < 1.29 is 9.84 Å². The molecule has 3 atom stereocenters. The number of benzene rings is 1. The molecule has 0 amide bonds. The van der Waals surface area contributed by atoms with Crippen LogP contribution in [0.1, 0.15) is 50.2 Å². The van der Waals surface area contributed by atoms with Crippen LogP contribution in [0.4, 0.5) is 0 Å². The van der Waals surface area contributed by atoms with Crippen molar-refractivity contribution in [1.82, 2.24) is 0 Å². The molecule has 0 heterocycles. The lowest BCUT2D eigenvalue weighted by Crippen LogP contribution is -2.45. The van der Waals surface area contributed by atoms with E-state index in [0.29, 0.717) is 5.92 Å². The Kier molecular flexibility index (Phi) is 3.76. The van der Waals surface area contributed by atoms with Gasteiger partial charge in [0.25, 0.3) is 0 Å². The molecule has 1 saturated carbocycles. The maximum Gasteiger partial charge on any atom is 0.119 e. The highest BCUT2D eigenvalue weighted by Gasteiger charge is 2.41. The molecule has 110 valence electrons. The van der Waals surface area contributed by atoms with Gasteiger partial charge in [0.05, 0.1) is 12.7 Å². The van der Waals surface area contributed by atoms with Crippen molar-refractivity contribution in [3.05, 3.63) is 29.3 Å². The SMILES string of the molecule is COc1ccc2c(c1)CC(O)(C1CCCC(C)C1)CC2. The zero-order chi connectivity index (χ0) is 14.2. The van der Waals surface area contributed by atoms with Crippen LogP contribution < -0.4 is 4.74 Å². The lowest BCUT2D eigenvalue weighted by atomic mass is 9.66. The van der Waals surface area contributed by atoms with E-state index in [-0.39, 0.29) is 0 Å². The molecule has 1 aromatic rings. The molecule has 2 aliphatic carbocycles. The number of methoxy groups -OCH3 is 1. The second-order valence-electron chi connectivity index (χ2n) is 6.88. The molecule has 2 aliphatic rings. The fourth-order valence-corrected chi connectivity index (χ4v) is 4.18. The fraction of sp³-hybridized carbons (Fsp3) is 0.667. The Morgan fingerprint density at radius 2 is 2.10 bits per heavy atom. The number of hydrogen-bond acceptors (Lipinski definition) is 2. The van der Waals surface area contributed by atoms with Crippen molar-refractivity contribution in [3.8, 4) is 5.75 Å². The molecule has 3 rings (SSSR count). The molecule has 2 heteroatoms. The third-order valence-corrected chi connectivity index (χ3v) is 5.43. The van der Waals surface area contributed by atoms with Gasteiger partial charge in [-0.25, -0.2) is 0 Å². The van der Waals surface area contributed by atoms with Crippen LogP contribution in [0.2, 0.25) is 0 Å². The van der Waals surface area contributed by atoms with E-state index in [1.54, 1.807) is 7.11 Å². The maximum absolute atomic E-state index is 11.2. The minimum Gasteiger partial charge on any atom is -0.497 e. The number of aryl methyl sites for hydroxylation is 1. The first kappa shape index (κ1) is 13.9. The van der Waals surface area contributed by atoms with Gasteiger partial charge in [-0.15, -0.1) is 0 Å². The average Bonchev–Trinajstić information content (AvgIpc) is 2.46. The summed E-state index contributed by atoms with van der Waals surface area (Å²) in [6.45, 7) is 2.33. The third-order valence-electron chi connectivity index (χ3n) is 5.43. The van der Waals surface area contributed by atoms with Crippen LogP contribution in [0.15, 0.2) is 18.2 Å². The van der Waals surface area contributed by atoms with Gasteiger partial charge in [0, 0.05) is 6.42 Å². The fourth-order valence-electron chi connectivity index (χ4n) is 4.18. The van der Waals surface area contributed by atoms with Gasteiger partial charge >= 0.3 is 0 Å². The van der Waals surface area contributed by atoms with E-state index in [9.17, 15) is 5.11 Å². The Morgan fingerprint density at radius 1 is 1.25 bits per heavy atom. The molecule has 2 nitrogen and oxygen atoms in total. The Morgan fingerprint density at radius 3 is 2.85 bits per heavy atom. The summed E-state index contributed by atoms with van der Waals surface area (Å²) < 4.78 is 5.33. The highest BCUT2D eigenvalue weighted by atomic mass is 16.5. The molecule has 20 heavy (non-hydrogen) atoms. The minimum absolute atomic E-state index is 0.477. The Balaban J connectivity index is 1.82. The average molecular weight is 274 g/mol. The smallest absolute Gasteiger partial charge is 0.119 e. The summed E-state index contributed by atoms with van der Waals surface area (Å²) in [5.41, 5.74) is 2.18. The van der Waals surface area contributed by atoms with Gasteiger partial charge in [-0.05, 0) is 60.8 Å². The van der Waals surface area contributed by atoms with Gasteiger partial charge in [0.2, 0.25) is 0 Å². The van der Waals surface area contributed by atoms with Crippen LogP contribution in [-0.2, 0) is 12.8 Å². The molecule has 0 saturated heterocycles. The van der Waals surface area contributed by atoms with Gasteiger partial charge in [-0.1, -0.05) is 25.8 Å². The number of fused-ring (bicyclic) bond motifs is 1. The summed E-state index contributed by atoms with van der Waals surface area (Å²) in [6, 6.07) is 6.31. The van der Waals surface area contributed by atoms with Crippen molar-refractivity contribution in [2.24, 2.45) is 11.8 Å². The van der Waals surface area contributed by atoms with Crippen molar-refractivity contribution in [2.75, 3.05) is 7.11 Å². The van der Waals surface area contributed by atoms with Gasteiger partial charge < -0.3 is 9.84 Å².